The number of carbonyl (C=O) groups excluding carboxylic acids is 5. The van der Waals surface area contributed by atoms with Crippen LogP contribution < -0.4 is 21.7 Å². The molecule has 2 aromatic carbocycles. The Balaban J connectivity index is 0.000000295. The van der Waals surface area contributed by atoms with Gasteiger partial charge in [0.1, 0.15) is 17.7 Å². The number of hydrogen-bond acceptors (Lipinski definition) is 11. The lowest BCUT2D eigenvalue weighted by Crippen LogP contribution is -2.42. The van der Waals surface area contributed by atoms with Crippen molar-refractivity contribution < 1.29 is 38.2 Å². The third-order valence-corrected chi connectivity index (χ3v) is 10.6. The number of methoxy groups -OCH3 is 2. The van der Waals surface area contributed by atoms with E-state index in [1.807, 2.05) is 42.5 Å². The van der Waals surface area contributed by atoms with Crippen molar-refractivity contribution >= 4 is 84.4 Å². The monoisotopic (exact) mass is 892 g/mol. The van der Waals surface area contributed by atoms with Gasteiger partial charge in [0.05, 0.1) is 32.9 Å². The first kappa shape index (κ1) is 43.3. The van der Waals surface area contributed by atoms with Gasteiger partial charge in [0.25, 0.3) is 0 Å². The highest BCUT2D eigenvalue weighted by Gasteiger charge is 2.27. The predicted molar refractivity (Wildman–Crippen MR) is 212 cm³/mol. The predicted octanol–water partition coefficient (Wildman–Crippen LogP) is 6.88. The Kier molecular flexibility index (Phi) is 17.1. The first-order valence-electron chi connectivity index (χ1n) is 16.3. The Morgan fingerprint density at radius 1 is 0.679 bits per heavy atom. The molecule has 284 valence electrons. The van der Waals surface area contributed by atoms with E-state index < -0.39 is 29.7 Å². The molecule has 0 saturated heterocycles. The number of thiophene rings is 2. The van der Waals surface area contributed by atoms with Crippen molar-refractivity contribution in [3.63, 3.8) is 0 Å². The Bertz CT molecular complexity index is 1840. The minimum Gasteiger partial charge on any atom is -0.465 e. The van der Waals surface area contributed by atoms with Crippen LogP contribution in [0.2, 0.25) is 0 Å². The molecule has 0 aliphatic carbocycles. The summed E-state index contributed by atoms with van der Waals surface area (Å²) in [5.41, 5.74) is 8.21. The van der Waals surface area contributed by atoms with E-state index in [0.717, 1.165) is 23.6 Å². The lowest BCUT2D eigenvalue weighted by Gasteiger charge is -2.23. The van der Waals surface area contributed by atoms with Crippen LogP contribution in [0.5, 0.6) is 0 Å². The maximum atomic E-state index is 12.8. The highest BCUT2D eigenvalue weighted by atomic mass is 79.9. The molecule has 0 radical (unpaired) electrons. The SMILES string of the molecule is COC(=O)c1ccc(CCNC(=O)C(N)c2ccc(Br)s2)cc1.COC(=O)c1ccc(CCNC(=O)C(NC(=O)OC(C)(C)C)c2ccc(Br)s2)cc1. The number of halogens is 2. The zero-order valence-electron chi connectivity index (χ0n) is 29.8. The number of amides is 3. The van der Waals surface area contributed by atoms with Crippen LogP contribution in [0.1, 0.15) is 74.5 Å². The molecular weight excluding hydrogens is 852 g/mol. The molecule has 2 aromatic heterocycles. The fraction of sp³-hybridized carbons (Fsp3) is 0.324. The van der Waals surface area contributed by atoms with E-state index in [4.69, 9.17) is 10.5 Å². The number of rotatable bonds is 13. The molecule has 0 bridgehead atoms. The van der Waals surface area contributed by atoms with Crippen molar-refractivity contribution in [2.45, 2.75) is 51.3 Å². The fourth-order valence-electron chi connectivity index (χ4n) is 4.52. The molecule has 4 aromatic rings. The maximum Gasteiger partial charge on any atom is 0.408 e. The molecule has 0 spiro atoms. The molecule has 2 atom stereocenters. The maximum absolute atomic E-state index is 12.8. The third kappa shape index (κ3) is 14.7. The second-order valence-electron chi connectivity index (χ2n) is 12.3. The van der Waals surface area contributed by atoms with Gasteiger partial charge >= 0.3 is 18.0 Å². The third-order valence-electron chi connectivity index (χ3n) is 7.16. The normalized spacial score (nSPS) is 11.9. The molecule has 12 nitrogen and oxygen atoms in total. The first-order chi connectivity index (χ1) is 25.1. The summed E-state index contributed by atoms with van der Waals surface area (Å²) in [7, 11) is 2.68. The van der Waals surface area contributed by atoms with Crippen LogP contribution in [0, 0.1) is 0 Å². The average molecular weight is 895 g/mol. The van der Waals surface area contributed by atoms with Crippen molar-refractivity contribution in [1.29, 1.82) is 0 Å². The summed E-state index contributed by atoms with van der Waals surface area (Å²) >= 11 is 9.54. The summed E-state index contributed by atoms with van der Waals surface area (Å²) in [6.07, 6.45) is 0.569. The highest BCUT2D eigenvalue weighted by Crippen LogP contribution is 2.28. The van der Waals surface area contributed by atoms with Gasteiger partial charge in [-0.1, -0.05) is 24.3 Å². The van der Waals surface area contributed by atoms with Gasteiger partial charge in [0, 0.05) is 22.8 Å². The molecule has 0 saturated carbocycles. The van der Waals surface area contributed by atoms with E-state index in [-0.39, 0.29) is 17.8 Å². The molecule has 16 heteroatoms. The molecule has 5 N–H and O–H groups in total. The minimum atomic E-state index is -0.863. The van der Waals surface area contributed by atoms with Gasteiger partial charge in [0.15, 0.2) is 0 Å². The zero-order chi connectivity index (χ0) is 39.1. The standard InChI is InChI=1S/C21H25BrN2O5S.C16H17BrN2O3S/c1-21(2,3)29-20(27)24-17(15-9-10-16(22)30-15)18(25)23-12-11-13-5-7-14(8-6-13)19(26)28-4;1-22-16(21)11-4-2-10(3-5-11)8-9-19-15(20)14(18)12-6-7-13(17)23-12/h5-10,17H,11-12H2,1-4H3,(H,23,25)(H,24,27);2-7,14H,8-9,18H2,1H3,(H,19,20). The Morgan fingerprint density at radius 3 is 1.51 bits per heavy atom. The van der Waals surface area contributed by atoms with Crippen LogP contribution in [-0.2, 0) is 36.6 Å². The topological polar surface area (TPSA) is 175 Å². The molecule has 4 rings (SSSR count). The first-order valence-corrected chi connectivity index (χ1v) is 19.5. The Morgan fingerprint density at radius 2 is 1.11 bits per heavy atom. The van der Waals surface area contributed by atoms with E-state index in [0.29, 0.717) is 41.9 Å². The number of benzene rings is 2. The van der Waals surface area contributed by atoms with Gasteiger partial charge in [-0.05, 0) is 125 Å². The Hall–Kier alpha value is -4.09. The lowest BCUT2D eigenvalue weighted by molar-refractivity contribution is -0.123. The van der Waals surface area contributed by atoms with E-state index in [9.17, 15) is 24.0 Å². The van der Waals surface area contributed by atoms with Crippen LogP contribution in [0.15, 0.2) is 80.4 Å². The molecule has 0 fully saturated rings. The van der Waals surface area contributed by atoms with Crippen molar-refractivity contribution in [1.82, 2.24) is 16.0 Å². The Labute approximate surface area is 333 Å². The molecule has 3 amide bonds. The van der Waals surface area contributed by atoms with Crippen molar-refractivity contribution in [2.75, 3.05) is 27.3 Å². The summed E-state index contributed by atoms with van der Waals surface area (Å²) in [5, 5.41) is 8.31. The molecular formula is C37H42Br2N4O8S2. The number of nitrogens with two attached hydrogens (primary N) is 1. The summed E-state index contributed by atoms with van der Waals surface area (Å²) in [6, 6.07) is 19.9. The highest BCUT2D eigenvalue weighted by molar-refractivity contribution is 9.11. The van der Waals surface area contributed by atoms with Gasteiger partial charge in [0.2, 0.25) is 11.8 Å². The van der Waals surface area contributed by atoms with Crippen LogP contribution in [-0.4, -0.2) is 62.8 Å². The summed E-state index contributed by atoms with van der Waals surface area (Å²) in [6.45, 7) is 6.13. The summed E-state index contributed by atoms with van der Waals surface area (Å²) in [4.78, 5) is 61.3. The minimum absolute atomic E-state index is 0.203. The molecule has 0 aliphatic rings. The summed E-state index contributed by atoms with van der Waals surface area (Å²) < 4.78 is 16.4. The quantitative estimate of drug-likeness (QED) is 0.0825. The van der Waals surface area contributed by atoms with Gasteiger partial charge in [-0.15, -0.1) is 22.7 Å². The molecule has 2 unspecified atom stereocenters. The number of nitrogens with one attached hydrogen (secondary N) is 3. The van der Waals surface area contributed by atoms with Crippen LogP contribution in [0.3, 0.4) is 0 Å². The number of alkyl carbamates (subject to hydrolysis) is 1. The number of carbonyl (C=O) groups is 5. The fourth-order valence-corrected chi connectivity index (χ4v) is 7.42. The van der Waals surface area contributed by atoms with Crippen molar-refractivity contribution in [2.24, 2.45) is 5.73 Å². The van der Waals surface area contributed by atoms with E-state index in [1.54, 1.807) is 51.1 Å². The van der Waals surface area contributed by atoms with Crippen LogP contribution in [0.4, 0.5) is 4.79 Å². The van der Waals surface area contributed by atoms with Gasteiger partial charge < -0.3 is 35.9 Å². The summed E-state index contributed by atoms with van der Waals surface area (Å²) in [5.74, 6) is -1.29. The second kappa shape index (κ2) is 21.0. The second-order valence-corrected chi connectivity index (χ2v) is 17.3. The largest absolute Gasteiger partial charge is 0.465 e. The average Bonchev–Trinajstić information content (AvgIpc) is 3.77. The molecule has 53 heavy (non-hydrogen) atoms. The smallest absolute Gasteiger partial charge is 0.408 e. The lowest BCUT2D eigenvalue weighted by atomic mass is 10.1. The van der Waals surface area contributed by atoms with Crippen LogP contribution >= 0.6 is 54.5 Å². The number of esters is 2. The van der Waals surface area contributed by atoms with Gasteiger partial charge in [-0.2, -0.15) is 0 Å². The van der Waals surface area contributed by atoms with E-state index in [1.165, 1.54) is 36.9 Å². The molecule has 0 aliphatic heterocycles. The van der Waals surface area contributed by atoms with Crippen molar-refractivity contribution in [3.8, 4) is 0 Å². The van der Waals surface area contributed by atoms with Crippen molar-refractivity contribution in [3.05, 3.63) is 112 Å². The number of ether oxygens (including phenoxy) is 3. The zero-order valence-corrected chi connectivity index (χ0v) is 34.6. The van der Waals surface area contributed by atoms with E-state index >= 15 is 0 Å². The van der Waals surface area contributed by atoms with Gasteiger partial charge in [-0.25, -0.2) is 14.4 Å². The number of hydrogen-bond donors (Lipinski definition) is 4. The molecule has 2 heterocycles. The van der Waals surface area contributed by atoms with Crippen LogP contribution in [0.25, 0.3) is 0 Å². The van der Waals surface area contributed by atoms with E-state index in [2.05, 4.69) is 57.3 Å². The van der Waals surface area contributed by atoms with Gasteiger partial charge in [-0.3, -0.25) is 9.59 Å².